The van der Waals surface area contributed by atoms with Gasteiger partial charge in [0, 0.05) is 0 Å². The summed E-state index contributed by atoms with van der Waals surface area (Å²) in [6.45, 7) is 5.76. The maximum atomic E-state index is 13.1. The Morgan fingerprint density at radius 1 is 0.862 bits per heavy atom. The van der Waals surface area contributed by atoms with Gasteiger partial charge in [0.2, 0.25) is 15.7 Å². The third-order valence-corrected chi connectivity index (χ3v) is 6.76. The molecule has 1 N–H and O–H groups in total. The van der Waals surface area contributed by atoms with Crippen LogP contribution in [0.15, 0.2) is 88.7 Å². The van der Waals surface area contributed by atoms with E-state index in [2.05, 4.69) is 5.32 Å². The number of hydrogen-bond donors (Lipinski definition) is 1. The van der Waals surface area contributed by atoms with Gasteiger partial charge in [-0.1, -0.05) is 66.2 Å². The van der Waals surface area contributed by atoms with Crippen LogP contribution in [0.1, 0.15) is 30.5 Å². The Morgan fingerprint density at radius 2 is 1.45 bits per heavy atom. The van der Waals surface area contributed by atoms with Crippen molar-refractivity contribution in [1.29, 1.82) is 0 Å². The molecule has 0 bridgehead atoms. The second kappa shape index (κ2) is 8.21. The number of carbonyl (C=O) groups excluding carboxylic acids is 1. The molecule has 4 nitrogen and oxygen atoms in total. The van der Waals surface area contributed by atoms with E-state index >= 15 is 0 Å². The molecule has 3 rings (SSSR count). The van der Waals surface area contributed by atoms with Gasteiger partial charge in [0.1, 0.15) is 0 Å². The lowest BCUT2D eigenvalue weighted by molar-refractivity contribution is -0.122. The van der Waals surface area contributed by atoms with Gasteiger partial charge in [-0.05, 0) is 50.1 Å². The summed E-state index contributed by atoms with van der Waals surface area (Å²) in [6.07, 6.45) is -0.0163. The van der Waals surface area contributed by atoms with E-state index in [1.165, 1.54) is 0 Å². The van der Waals surface area contributed by atoms with Crippen molar-refractivity contribution in [3.63, 3.8) is 0 Å². The SMILES string of the molecule is Cc1ccc(S(=O)(=O)c2ccccc2CC(=O)NC(C)(C)c2ccccc2)cc1. The molecular weight excluding hydrogens is 382 g/mol. The average molecular weight is 408 g/mol. The summed E-state index contributed by atoms with van der Waals surface area (Å²) >= 11 is 0. The van der Waals surface area contributed by atoms with Gasteiger partial charge in [-0.3, -0.25) is 4.79 Å². The fraction of sp³-hybridized carbons (Fsp3) is 0.208. The smallest absolute Gasteiger partial charge is 0.225 e. The zero-order valence-electron chi connectivity index (χ0n) is 16.8. The van der Waals surface area contributed by atoms with Crippen molar-refractivity contribution >= 4 is 15.7 Å². The molecule has 0 unspecified atom stereocenters. The highest BCUT2D eigenvalue weighted by molar-refractivity contribution is 7.91. The van der Waals surface area contributed by atoms with E-state index in [-0.39, 0.29) is 22.1 Å². The van der Waals surface area contributed by atoms with Gasteiger partial charge < -0.3 is 5.32 Å². The minimum atomic E-state index is -3.71. The fourth-order valence-corrected chi connectivity index (χ4v) is 4.74. The number of sulfone groups is 1. The Balaban J connectivity index is 1.86. The van der Waals surface area contributed by atoms with Crippen molar-refractivity contribution in [2.75, 3.05) is 0 Å². The van der Waals surface area contributed by atoms with E-state index in [9.17, 15) is 13.2 Å². The normalized spacial score (nSPS) is 11.8. The first-order valence-electron chi connectivity index (χ1n) is 9.46. The summed E-state index contributed by atoms with van der Waals surface area (Å²) in [5.41, 5.74) is 1.88. The van der Waals surface area contributed by atoms with Crippen LogP contribution in [0.25, 0.3) is 0 Å². The molecular formula is C24H25NO3S. The van der Waals surface area contributed by atoms with Crippen LogP contribution < -0.4 is 5.32 Å². The van der Waals surface area contributed by atoms with Crippen molar-refractivity contribution in [3.05, 3.63) is 95.6 Å². The van der Waals surface area contributed by atoms with Crippen LogP contribution in [-0.2, 0) is 26.6 Å². The molecule has 0 spiro atoms. The fourth-order valence-electron chi connectivity index (χ4n) is 3.25. The summed E-state index contributed by atoms with van der Waals surface area (Å²) in [4.78, 5) is 13.1. The molecule has 29 heavy (non-hydrogen) atoms. The van der Waals surface area contributed by atoms with Crippen LogP contribution in [0.2, 0.25) is 0 Å². The molecule has 1 amide bonds. The van der Waals surface area contributed by atoms with Crippen LogP contribution >= 0.6 is 0 Å². The van der Waals surface area contributed by atoms with Crippen LogP contribution in [0.4, 0.5) is 0 Å². The van der Waals surface area contributed by atoms with E-state index in [0.717, 1.165) is 11.1 Å². The summed E-state index contributed by atoms with van der Waals surface area (Å²) in [6, 6.07) is 23.1. The molecule has 0 aliphatic carbocycles. The lowest BCUT2D eigenvalue weighted by Crippen LogP contribution is -2.41. The van der Waals surface area contributed by atoms with E-state index in [1.54, 1.807) is 48.5 Å². The monoisotopic (exact) mass is 407 g/mol. The molecule has 150 valence electrons. The molecule has 0 saturated heterocycles. The molecule has 0 atom stereocenters. The summed E-state index contributed by atoms with van der Waals surface area (Å²) < 4.78 is 26.2. The van der Waals surface area contributed by atoms with Crippen molar-refractivity contribution in [3.8, 4) is 0 Å². The van der Waals surface area contributed by atoms with E-state index in [0.29, 0.717) is 5.56 Å². The van der Waals surface area contributed by atoms with Crippen molar-refractivity contribution in [2.24, 2.45) is 0 Å². The van der Waals surface area contributed by atoms with Gasteiger partial charge in [0.15, 0.2) is 0 Å². The highest BCUT2D eigenvalue weighted by Gasteiger charge is 2.25. The zero-order chi connectivity index (χ0) is 21.1. The lowest BCUT2D eigenvalue weighted by atomic mass is 9.94. The van der Waals surface area contributed by atoms with Crippen LogP contribution in [0.5, 0.6) is 0 Å². The highest BCUT2D eigenvalue weighted by Crippen LogP contribution is 2.25. The largest absolute Gasteiger partial charge is 0.347 e. The number of carbonyl (C=O) groups is 1. The first-order chi connectivity index (χ1) is 13.7. The average Bonchev–Trinajstić information content (AvgIpc) is 2.69. The Bertz CT molecular complexity index is 1100. The minimum absolute atomic E-state index is 0.0163. The van der Waals surface area contributed by atoms with Gasteiger partial charge in [-0.2, -0.15) is 0 Å². The zero-order valence-corrected chi connectivity index (χ0v) is 17.7. The van der Waals surface area contributed by atoms with E-state index < -0.39 is 15.4 Å². The first-order valence-corrected chi connectivity index (χ1v) is 10.9. The second-order valence-electron chi connectivity index (χ2n) is 7.64. The lowest BCUT2D eigenvalue weighted by Gasteiger charge is -2.27. The molecule has 0 saturated carbocycles. The van der Waals surface area contributed by atoms with E-state index in [1.807, 2.05) is 51.1 Å². The van der Waals surface area contributed by atoms with Crippen molar-refractivity contribution in [2.45, 2.75) is 42.5 Å². The summed E-state index contributed by atoms with van der Waals surface area (Å²) in [7, 11) is -3.71. The second-order valence-corrected chi connectivity index (χ2v) is 9.56. The van der Waals surface area contributed by atoms with Crippen molar-refractivity contribution in [1.82, 2.24) is 5.32 Å². The van der Waals surface area contributed by atoms with E-state index in [4.69, 9.17) is 0 Å². The Kier molecular flexibility index (Phi) is 5.89. The minimum Gasteiger partial charge on any atom is -0.347 e. The van der Waals surface area contributed by atoms with Gasteiger partial charge in [0.05, 0.1) is 21.8 Å². The molecule has 5 heteroatoms. The highest BCUT2D eigenvalue weighted by atomic mass is 32.2. The first kappa shape index (κ1) is 20.8. The number of hydrogen-bond acceptors (Lipinski definition) is 3. The molecule has 0 radical (unpaired) electrons. The molecule has 0 aliphatic heterocycles. The Labute approximate surface area is 172 Å². The van der Waals surface area contributed by atoms with Crippen molar-refractivity contribution < 1.29 is 13.2 Å². The van der Waals surface area contributed by atoms with Gasteiger partial charge in [-0.15, -0.1) is 0 Å². The number of rotatable bonds is 6. The van der Waals surface area contributed by atoms with Gasteiger partial charge in [0.25, 0.3) is 0 Å². The molecule has 0 fully saturated rings. The summed E-state index contributed by atoms with van der Waals surface area (Å²) in [5, 5.41) is 3.01. The van der Waals surface area contributed by atoms with Crippen LogP contribution in [-0.4, -0.2) is 14.3 Å². The quantitative estimate of drug-likeness (QED) is 0.658. The predicted octanol–water partition coefficient (Wildman–Crippen LogP) is 4.42. The Morgan fingerprint density at radius 3 is 2.10 bits per heavy atom. The van der Waals surface area contributed by atoms with Crippen LogP contribution in [0, 0.1) is 6.92 Å². The van der Waals surface area contributed by atoms with Gasteiger partial charge in [-0.25, -0.2) is 8.42 Å². The number of aryl methyl sites for hydroxylation is 1. The third kappa shape index (κ3) is 4.74. The number of nitrogens with one attached hydrogen (secondary N) is 1. The maximum Gasteiger partial charge on any atom is 0.225 e. The van der Waals surface area contributed by atoms with Gasteiger partial charge >= 0.3 is 0 Å². The molecule has 3 aromatic rings. The molecule has 3 aromatic carbocycles. The maximum absolute atomic E-state index is 13.1. The number of amides is 1. The molecule has 0 aliphatic rings. The summed E-state index contributed by atoms with van der Waals surface area (Å²) in [5.74, 6) is -0.231. The topological polar surface area (TPSA) is 63.2 Å². The molecule has 0 heterocycles. The molecule has 0 aromatic heterocycles. The van der Waals surface area contributed by atoms with Crippen LogP contribution in [0.3, 0.4) is 0 Å². The predicted molar refractivity (Wildman–Crippen MR) is 114 cm³/mol. The third-order valence-electron chi connectivity index (χ3n) is 4.89. The standard InChI is InChI=1S/C24H25NO3S/c1-18-13-15-21(16-14-18)29(27,28)22-12-8-7-9-19(22)17-23(26)25-24(2,3)20-10-5-4-6-11-20/h4-16H,17H2,1-3H3,(H,25,26). The number of benzene rings is 3. The Hall–Kier alpha value is -2.92.